The second-order valence-electron chi connectivity index (χ2n) is 3.68. The van der Waals surface area contributed by atoms with Gasteiger partial charge in [0.1, 0.15) is 11.5 Å². The lowest BCUT2D eigenvalue weighted by Crippen LogP contribution is -2.14. The summed E-state index contributed by atoms with van der Waals surface area (Å²) in [5, 5.41) is 4.80. The lowest BCUT2D eigenvalue weighted by atomic mass is 10.3. The Morgan fingerprint density at radius 3 is 2.89 bits per heavy atom. The molecule has 0 aliphatic rings. The number of amides is 1. The number of carbonyl (C=O) groups is 1. The highest BCUT2D eigenvalue weighted by molar-refractivity contribution is 7.14. The molecule has 5 nitrogen and oxygen atoms in total. The molecule has 2 heterocycles. The summed E-state index contributed by atoms with van der Waals surface area (Å²) in [5.41, 5.74) is 6.51. The van der Waals surface area contributed by atoms with Crippen LogP contribution in [0.1, 0.15) is 29.1 Å². The van der Waals surface area contributed by atoms with Gasteiger partial charge in [0, 0.05) is 11.4 Å². The lowest BCUT2D eigenvalue weighted by molar-refractivity contribution is 0.102. The van der Waals surface area contributed by atoms with Crippen molar-refractivity contribution in [1.82, 2.24) is 9.97 Å². The molecule has 2 aromatic rings. The first-order valence-corrected chi connectivity index (χ1v) is 6.08. The zero-order valence-electron chi connectivity index (χ0n) is 9.55. The van der Waals surface area contributed by atoms with Crippen LogP contribution in [-0.2, 0) is 0 Å². The van der Waals surface area contributed by atoms with Crippen molar-refractivity contribution in [2.75, 3.05) is 5.32 Å². The Morgan fingerprint density at radius 2 is 2.33 bits per heavy atom. The highest BCUT2D eigenvalue weighted by Crippen LogP contribution is 2.19. The second kappa shape index (κ2) is 5.19. The van der Waals surface area contributed by atoms with Gasteiger partial charge in [-0.3, -0.25) is 10.1 Å². The number of hydrogen-bond donors (Lipinski definition) is 2. The van der Waals surface area contributed by atoms with Crippen LogP contribution in [0, 0.1) is 5.82 Å². The first-order valence-electron chi connectivity index (χ1n) is 5.20. The molecule has 0 saturated carbocycles. The molecule has 3 N–H and O–H groups in total. The van der Waals surface area contributed by atoms with Crippen molar-refractivity contribution in [3.05, 3.63) is 40.9 Å². The molecule has 7 heteroatoms. The van der Waals surface area contributed by atoms with E-state index in [1.165, 1.54) is 23.5 Å². The number of rotatable bonds is 3. The monoisotopic (exact) mass is 266 g/mol. The van der Waals surface area contributed by atoms with E-state index in [1.807, 2.05) is 6.92 Å². The van der Waals surface area contributed by atoms with E-state index in [9.17, 15) is 9.18 Å². The molecule has 0 aliphatic heterocycles. The minimum atomic E-state index is -0.486. The number of carbonyl (C=O) groups excluding carboxylic acids is 1. The van der Waals surface area contributed by atoms with Crippen molar-refractivity contribution in [2.24, 2.45) is 5.73 Å². The number of anilines is 1. The molecule has 2 aromatic heterocycles. The molecule has 0 spiro atoms. The molecule has 0 bridgehead atoms. The Labute approximate surface area is 107 Å². The van der Waals surface area contributed by atoms with Crippen molar-refractivity contribution in [1.29, 1.82) is 0 Å². The Balaban J connectivity index is 2.08. The zero-order chi connectivity index (χ0) is 13.1. The zero-order valence-corrected chi connectivity index (χ0v) is 10.4. The summed E-state index contributed by atoms with van der Waals surface area (Å²) < 4.78 is 12.7. The van der Waals surface area contributed by atoms with Crippen LogP contribution in [0.3, 0.4) is 0 Å². The Morgan fingerprint density at radius 1 is 1.56 bits per heavy atom. The number of halogens is 1. The third kappa shape index (κ3) is 2.88. The smallest absolute Gasteiger partial charge is 0.276 e. The fourth-order valence-electron chi connectivity index (χ4n) is 1.22. The van der Waals surface area contributed by atoms with Gasteiger partial charge in [-0.2, -0.15) is 0 Å². The standard InChI is InChI=1S/C11H11FN4OS/c1-6(13)9-5-18-11(15-9)16-10(17)8-3-2-7(12)4-14-8/h2-6H,13H2,1H3,(H,15,16,17). The van der Waals surface area contributed by atoms with Crippen molar-refractivity contribution in [3.8, 4) is 0 Å². The summed E-state index contributed by atoms with van der Waals surface area (Å²) in [4.78, 5) is 19.6. The normalized spacial score (nSPS) is 12.2. The molecule has 1 amide bonds. The SMILES string of the molecule is CC(N)c1csc(NC(=O)c2ccc(F)cn2)n1. The number of thiazole rings is 1. The number of hydrogen-bond acceptors (Lipinski definition) is 5. The fraction of sp³-hybridized carbons (Fsp3) is 0.182. The molecular weight excluding hydrogens is 255 g/mol. The van der Waals surface area contributed by atoms with Crippen LogP contribution in [-0.4, -0.2) is 15.9 Å². The maximum atomic E-state index is 12.7. The maximum absolute atomic E-state index is 12.7. The van der Waals surface area contributed by atoms with E-state index >= 15 is 0 Å². The van der Waals surface area contributed by atoms with Gasteiger partial charge in [-0.1, -0.05) is 0 Å². The number of nitrogens with two attached hydrogens (primary N) is 1. The van der Waals surface area contributed by atoms with Gasteiger partial charge in [0.25, 0.3) is 5.91 Å². The Bertz CT molecular complexity index is 552. The van der Waals surface area contributed by atoms with Gasteiger partial charge < -0.3 is 5.73 Å². The van der Waals surface area contributed by atoms with Crippen LogP contribution in [0.15, 0.2) is 23.7 Å². The van der Waals surface area contributed by atoms with Crippen molar-refractivity contribution in [3.63, 3.8) is 0 Å². The maximum Gasteiger partial charge on any atom is 0.276 e. The van der Waals surface area contributed by atoms with Crippen LogP contribution in [0.4, 0.5) is 9.52 Å². The quantitative estimate of drug-likeness (QED) is 0.889. The van der Waals surface area contributed by atoms with Gasteiger partial charge in [0.2, 0.25) is 0 Å². The van der Waals surface area contributed by atoms with Crippen LogP contribution in [0.2, 0.25) is 0 Å². The molecule has 0 fully saturated rings. The highest BCUT2D eigenvalue weighted by Gasteiger charge is 2.11. The van der Waals surface area contributed by atoms with Crippen LogP contribution >= 0.6 is 11.3 Å². The Hall–Kier alpha value is -1.86. The van der Waals surface area contributed by atoms with E-state index in [0.717, 1.165) is 6.20 Å². The van der Waals surface area contributed by atoms with Gasteiger partial charge >= 0.3 is 0 Å². The summed E-state index contributed by atoms with van der Waals surface area (Å²) in [6.07, 6.45) is 0.990. The lowest BCUT2D eigenvalue weighted by Gasteiger charge is -2.01. The van der Waals surface area contributed by atoms with Crippen molar-refractivity contribution in [2.45, 2.75) is 13.0 Å². The molecule has 1 unspecified atom stereocenters. The summed E-state index contributed by atoms with van der Waals surface area (Å²) in [6.45, 7) is 1.81. The van der Waals surface area contributed by atoms with Gasteiger partial charge in [-0.15, -0.1) is 11.3 Å². The van der Waals surface area contributed by atoms with Crippen molar-refractivity contribution >= 4 is 22.4 Å². The van der Waals surface area contributed by atoms with E-state index in [1.54, 1.807) is 5.38 Å². The third-order valence-corrected chi connectivity index (χ3v) is 2.94. The van der Waals surface area contributed by atoms with Gasteiger partial charge in [0.15, 0.2) is 5.13 Å². The number of aromatic nitrogens is 2. The minimum Gasteiger partial charge on any atom is -0.323 e. The van der Waals surface area contributed by atoms with Gasteiger partial charge in [0.05, 0.1) is 11.9 Å². The molecule has 0 aromatic carbocycles. The summed E-state index contributed by atoms with van der Waals surface area (Å²) >= 11 is 1.28. The van der Waals surface area contributed by atoms with E-state index in [2.05, 4.69) is 15.3 Å². The van der Waals surface area contributed by atoms with Crippen LogP contribution < -0.4 is 11.1 Å². The topological polar surface area (TPSA) is 80.9 Å². The summed E-state index contributed by atoms with van der Waals surface area (Å²) in [7, 11) is 0. The first-order chi connectivity index (χ1) is 8.56. The molecular formula is C11H11FN4OS. The molecule has 0 saturated heterocycles. The van der Waals surface area contributed by atoms with Gasteiger partial charge in [-0.25, -0.2) is 14.4 Å². The molecule has 0 aliphatic carbocycles. The van der Waals surface area contributed by atoms with Crippen LogP contribution in [0.25, 0.3) is 0 Å². The van der Waals surface area contributed by atoms with Crippen molar-refractivity contribution < 1.29 is 9.18 Å². The third-order valence-electron chi connectivity index (χ3n) is 2.17. The highest BCUT2D eigenvalue weighted by atomic mass is 32.1. The largest absolute Gasteiger partial charge is 0.323 e. The van der Waals surface area contributed by atoms with E-state index in [0.29, 0.717) is 10.8 Å². The number of nitrogens with one attached hydrogen (secondary N) is 1. The van der Waals surface area contributed by atoms with E-state index in [4.69, 9.17) is 5.73 Å². The molecule has 2 rings (SSSR count). The second-order valence-corrected chi connectivity index (χ2v) is 4.54. The fourth-order valence-corrected chi connectivity index (χ4v) is 2.03. The predicted octanol–water partition coefficient (Wildman–Crippen LogP) is 1.95. The number of pyridine rings is 1. The predicted molar refractivity (Wildman–Crippen MR) is 66.9 cm³/mol. The van der Waals surface area contributed by atoms with E-state index in [-0.39, 0.29) is 11.7 Å². The molecule has 0 radical (unpaired) electrons. The number of nitrogens with zero attached hydrogens (tertiary/aromatic N) is 2. The molecule has 94 valence electrons. The average Bonchev–Trinajstić information content (AvgIpc) is 2.78. The summed E-state index contributed by atoms with van der Waals surface area (Å²) in [5.74, 6) is -0.916. The summed E-state index contributed by atoms with van der Waals surface area (Å²) in [6, 6.07) is 2.30. The first kappa shape index (κ1) is 12.6. The van der Waals surface area contributed by atoms with Crippen LogP contribution in [0.5, 0.6) is 0 Å². The Kier molecular flexibility index (Phi) is 3.63. The van der Waals surface area contributed by atoms with Gasteiger partial charge in [-0.05, 0) is 19.1 Å². The minimum absolute atomic E-state index is 0.133. The molecule has 18 heavy (non-hydrogen) atoms. The molecule has 1 atom stereocenters. The van der Waals surface area contributed by atoms with E-state index < -0.39 is 11.7 Å². The average molecular weight is 266 g/mol.